The predicted octanol–water partition coefficient (Wildman–Crippen LogP) is 1.98. The summed E-state index contributed by atoms with van der Waals surface area (Å²) in [7, 11) is 3.19. The third kappa shape index (κ3) is 1.87. The van der Waals surface area contributed by atoms with E-state index in [-0.39, 0.29) is 5.56 Å². The van der Waals surface area contributed by atoms with Gasteiger partial charge in [0.25, 0.3) is 0 Å². The molecule has 1 aromatic carbocycles. The molecule has 0 amide bonds. The maximum atomic E-state index is 11.1. The molecule has 0 atom stereocenters. The van der Waals surface area contributed by atoms with E-state index in [0.29, 0.717) is 17.1 Å². The van der Waals surface area contributed by atoms with E-state index in [1.165, 1.54) is 0 Å². The predicted molar refractivity (Wildman–Crippen MR) is 64.8 cm³/mol. The Morgan fingerprint density at radius 3 is 2.82 bits per heavy atom. The fourth-order valence-electron chi connectivity index (χ4n) is 1.69. The number of para-hydroxylation sites is 1. The number of nitrogens with one attached hydrogen (secondary N) is 1. The molecular weight excluding hydrogens is 220 g/mol. The highest BCUT2D eigenvalue weighted by Crippen LogP contribution is 2.27. The maximum absolute atomic E-state index is 11.1. The number of carboxylic acid groups (broad SMARTS) is 1. The lowest BCUT2D eigenvalue weighted by atomic mass is 10.1. The van der Waals surface area contributed by atoms with Crippen molar-refractivity contribution in [1.82, 2.24) is 4.98 Å². The van der Waals surface area contributed by atoms with Gasteiger partial charge in [-0.1, -0.05) is 12.1 Å². The van der Waals surface area contributed by atoms with Crippen LogP contribution in [0.2, 0.25) is 0 Å². The number of aromatic carboxylic acids is 1. The van der Waals surface area contributed by atoms with Crippen LogP contribution >= 0.6 is 0 Å². The van der Waals surface area contributed by atoms with Crippen molar-refractivity contribution in [3.8, 4) is 5.75 Å². The van der Waals surface area contributed by atoms with Crippen LogP contribution in [0.1, 0.15) is 10.4 Å². The zero-order valence-corrected chi connectivity index (χ0v) is 9.52. The average molecular weight is 232 g/mol. The van der Waals surface area contributed by atoms with Crippen LogP contribution in [0.3, 0.4) is 0 Å². The number of hydrogen-bond donors (Lipinski definition) is 2. The molecule has 5 heteroatoms. The van der Waals surface area contributed by atoms with Gasteiger partial charge >= 0.3 is 5.97 Å². The summed E-state index contributed by atoms with van der Waals surface area (Å²) < 4.78 is 5.19. The number of anilines is 1. The Morgan fingerprint density at radius 2 is 2.24 bits per heavy atom. The van der Waals surface area contributed by atoms with E-state index in [1.54, 1.807) is 38.4 Å². The number of fused-ring (bicyclic) bond motifs is 1. The fraction of sp³-hybridized carbons (Fsp3) is 0.167. The topological polar surface area (TPSA) is 71.5 Å². The van der Waals surface area contributed by atoms with Gasteiger partial charge in [0.1, 0.15) is 22.6 Å². The van der Waals surface area contributed by atoms with Gasteiger partial charge in [-0.25, -0.2) is 9.78 Å². The van der Waals surface area contributed by atoms with Crippen LogP contribution in [0.5, 0.6) is 5.75 Å². The van der Waals surface area contributed by atoms with Crippen molar-refractivity contribution < 1.29 is 14.6 Å². The van der Waals surface area contributed by atoms with Crippen LogP contribution in [0.4, 0.5) is 5.82 Å². The molecule has 0 aliphatic rings. The summed E-state index contributed by atoms with van der Waals surface area (Å²) in [6, 6.07) is 6.97. The zero-order valence-electron chi connectivity index (χ0n) is 9.52. The molecule has 0 unspecified atom stereocenters. The van der Waals surface area contributed by atoms with Crippen LogP contribution in [-0.4, -0.2) is 30.2 Å². The molecule has 5 nitrogen and oxygen atoms in total. The Morgan fingerprint density at radius 1 is 1.47 bits per heavy atom. The lowest BCUT2D eigenvalue weighted by Gasteiger charge is -2.09. The first-order valence-corrected chi connectivity index (χ1v) is 5.06. The van der Waals surface area contributed by atoms with Crippen LogP contribution in [-0.2, 0) is 0 Å². The molecule has 17 heavy (non-hydrogen) atoms. The SMILES string of the molecule is CNc1nc2c(OC)cccc2cc1C(=O)O. The first kappa shape index (κ1) is 11.2. The van der Waals surface area contributed by atoms with Gasteiger partial charge < -0.3 is 15.2 Å². The van der Waals surface area contributed by atoms with Gasteiger partial charge in [-0.15, -0.1) is 0 Å². The van der Waals surface area contributed by atoms with E-state index in [1.807, 2.05) is 0 Å². The molecule has 0 bridgehead atoms. The number of aromatic nitrogens is 1. The summed E-state index contributed by atoms with van der Waals surface area (Å²) in [6.07, 6.45) is 0. The van der Waals surface area contributed by atoms with Crippen molar-refractivity contribution in [3.05, 3.63) is 29.8 Å². The van der Waals surface area contributed by atoms with Crippen molar-refractivity contribution in [2.75, 3.05) is 19.5 Å². The summed E-state index contributed by atoms with van der Waals surface area (Å²) in [6.45, 7) is 0. The minimum absolute atomic E-state index is 0.147. The quantitative estimate of drug-likeness (QED) is 0.846. The fourth-order valence-corrected chi connectivity index (χ4v) is 1.69. The van der Waals surface area contributed by atoms with Gasteiger partial charge in [0.05, 0.1) is 7.11 Å². The molecule has 0 aliphatic heterocycles. The van der Waals surface area contributed by atoms with E-state index < -0.39 is 5.97 Å². The van der Waals surface area contributed by atoms with E-state index in [0.717, 1.165) is 5.39 Å². The first-order valence-electron chi connectivity index (χ1n) is 5.06. The summed E-state index contributed by atoms with van der Waals surface area (Å²) in [4.78, 5) is 15.3. The number of ether oxygens (including phenoxy) is 1. The molecular formula is C12H12N2O3. The second-order valence-corrected chi connectivity index (χ2v) is 3.47. The summed E-state index contributed by atoms with van der Waals surface area (Å²) >= 11 is 0. The lowest BCUT2D eigenvalue weighted by molar-refractivity contribution is 0.0698. The van der Waals surface area contributed by atoms with Crippen molar-refractivity contribution in [2.24, 2.45) is 0 Å². The number of benzene rings is 1. The van der Waals surface area contributed by atoms with Crippen LogP contribution < -0.4 is 10.1 Å². The third-order valence-corrected chi connectivity index (χ3v) is 2.50. The van der Waals surface area contributed by atoms with Crippen molar-refractivity contribution in [2.45, 2.75) is 0 Å². The molecule has 2 rings (SSSR count). The second-order valence-electron chi connectivity index (χ2n) is 3.47. The van der Waals surface area contributed by atoms with Crippen molar-refractivity contribution in [3.63, 3.8) is 0 Å². The number of methoxy groups -OCH3 is 1. The number of pyridine rings is 1. The van der Waals surface area contributed by atoms with Crippen molar-refractivity contribution in [1.29, 1.82) is 0 Å². The summed E-state index contributed by atoms with van der Waals surface area (Å²) in [5.41, 5.74) is 0.789. The van der Waals surface area contributed by atoms with Gasteiger partial charge in [-0.05, 0) is 12.1 Å². The Kier molecular flexibility index (Phi) is 2.82. The summed E-state index contributed by atoms with van der Waals surface area (Å²) in [5.74, 6) is -0.0583. The van der Waals surface area contributed by atoms with Crippen LogP contribution in [0, 0.1) is 0 Å². The number of carbonyl (C=O) groups is 1. The smallest absolute Gasteiger partial charge is 0.339 e. The molecule has 0 radical (unpaired) electrons. The molecule has 0 spiro atoms. The van der Waals surface area contributed by atoms with Gasteiger partial charge in [0.15, 0.2) is 0 Å². The molecule has 2 aromatic rings. The molecule has 0 saturated heterocycles. The Hall–Kier alpha value is -2.30. The molecule has 0 saturated carbocycles. The normalized spacial score (nSPS) is 10.2. The maximum Gasteiger partial charge on any atom is 0.339 e. The third-order valence-electron chi connectivity index (χ3n) is 2.50. The molecule has 2 N–H and O–H groups in total. The largest absolute Gasteiger partial charge is 0.494 e. The molecule has 88 valence electrons. The number of rotatable bonds is 3. The highest BCUT2D eigenvalue weighted by Gasteiger charge is 2.13. The second kappa shape index (κ2) is 4.29. The van der Waals surface area contributed by atoms with Crippen molar-refractivity contribution >= 4 is 22.7 Å². The zero-order chi connectivity index (χ0) is 12.4. The van der Waals surface area contributed by atoms with E-state index >= 15 is 0 Å². The standard InChI is InChI=1S/C12H12N2O3/c1-13-11-8(12(15)16)6-7-4-3-5-9(17-2)10(7)14-11/h3-6H,1-2H3,(H,13,14)(H,15,16). The summed E-state index contributed by atoms with van der Waals surface area (Å²) in [5, 5.41) is 12.6. The number of hydrogen-bond acceptors (Lipinski definition) is 4. The Bertz CT molecular complexity index is 581. The van der Waals surface area contributed by atoms with Crippen LogP contribution in [0.15, 0.2) is 24.3 Å². The molecule has 1 heterocycles. The van der Waals surface area contributed by atoms with Crippen LogP contribution in [0.25, 0.3) is 10.9 Å². The minimum Gasteiger partial charge on any atom is -0.494 e. The number of carboxylic acids is 1. The molecule has 0 fully saturated rings. The van der Waals surface area contributed by atoms with E-state index in [9.17, 15) is 4.79 Å². The van der Waals surface area contributed by atoms with E-state index in [2.05, 4.69) is 10.3 Å². The number of nitrogens with zero attached hydrogens (tertiary/aromatic N) is 1. The highest BCUT2D eigenvalue weighted by atomic mass is 16.5. The Balaban J connectivity index is 2.78. The van der Waals surface area contributed by atoms with Gasteiger partial charge in [0.2, 0.25) is 0 Å². The van der Waals surface area contributed by atoms with Gasteiger partial charge in [-0.3, -0.25) is 0 Å². The Labute approximate surface area is 98.0 Å². The minimum atomic E-state index is -1.01. The van der Waals surface area contributed by atoms with E-state index in [4.69, 9.17) is 9.84 Å². The lowest BCUT2D eigenvalue weighted by Crippen LogP contribution is -2.05. The van der Waals surface area contributed by atoms with Gasteiger partial charge in [-0.2, -0.15) is 0 Å². The average Bonchev–Trinajstić information content (AvgIpc) is 2.36. The monoisotopic (exact) mass is 232 g/mol. The molecule has 0 aliphatic carbocycles. The molecule has 1 aromatic heterocycles. The van der Waals surface area contributed by atoms with Gasteiger partial charge in [0, 0.05) is 12.4 Å². The first-order chi connectivity index (χ1) is 8.17. The highest BCUT2D eigenvalue weighted by molar-refractivity contribution is 5.99.